The van der Waals surface area contributed by atoms with Gasteiger partial charge in [-0.15, -0.1) is 20.2 Å². The Balaban J connectivity index is 4.12. The van der Waals surface area contributed by atoms with Crippen LogP contribution in [0.15, 0.2) is 0 Å². The minimum absolute atomic E-state index is 1.68. The third kappa shape index (κ3) is 5.06. The molecule has 0 spiro atoms. The number of nitrogens with zero attached hydrogens (tertiary/aromatic N) is 2. The van der Waals surface area contributed by atoms with Gasteiger partial charge in [0.1, 0.15) is 0 Å². The molecule has 0 saturated heterocycles. The Morgan fingerprint density at radius 2 is 1.45 bits per heavy atom. The lowest BCUT2D eigenvalue weighted by molar-refractivity contribution is -0.753. The molecule has 0 radical (unpaired) electrons. The first kappa shape index (κ1) is 9.59. The van der Waals surface area contributed by atoms with E-state index >= 15 is 0 Å². The van der Waals surface area contributed by atoms with Gasteiger partial charge in [0.2, 0.25) is 0 Å². The third-order valence-corrected chi connectivity index (χ3v) is 1.02. The van der Waals surface area contributed by atoms with Crippen molar-refractivity contribution in [2.45, 2.75) is 0 Å². The maximum absolute atomic E-state index is 10.1. The monoisotopic (exact) mass is 188 g/mol. The quantitative estimate of drug-likeness (QED) is 0.353. The molecular formula is HN2O8P. The van der Waals surface area contributed by atoms with E-state index in [1.54, 1.807) is 0 Å². The topological polar surface area (TPSA) is 142 Å². The van der Waals surface area contributed by atoms with Gasteiger partial charge >= 0.3 is 18.0 Å². The minimum Gasteiger partial charge on any atom is -0.307 e. The molecule has 0 amide bonds. The van der Waals surface area contributed by atoms with Gasteiger partial charge in [0.15, 0.2) is 0 Å². The molecule has 1 N–H and O–H groups in total. The van der Waals surface area contributed by atoms with E-state index in [-0.39, 0.29) is 0 Å². The molecule has 0 aromatic rings. The lowest BCUT2D eigenvalue weighted by Gasteiger charge is -2.02. The lowest BCUT2D eigenvalue weighted by atomic mass is 13.1. The second-order valence-electron chi connectivity index (χ2n) is 1.08. The summed E-state index contributed by atoms with van der Waals surface area (Å²) in [4.78, 5) is 26.8. The molecule has 11 heteroatoms. The Labute approximate surface area is 58.2 Å². The van der Waals surface area contributed by atoms with Gasteiger partial charge in [-0.1, -0.05) is 0 Å². The summed E-state index contributed by atoms with van der Waals surface area (Å²) < 4.78 is 15.9. The van der Waals surface area contributed by atoms with Crippen LogP contribution < -0.4 is 0 Å². The standard InChI is InChI=1S/HN2O8P/c3-1(4)9-11(7,8)10-2(5)6/h(H,7,8). The fourth-order valence-electron chi connectivity index (χ4n) is 0.183. The maximum atomic E-state index is 10.1. The summed E-state index contributed by atoms with van der Waals surface area (Å²) in [6, 6.07) is 0. The van der Waals surface area contributed by atoms with Gasteiger partial charge in [-0.05, 0) is 0 Å². The van der Waals surface area contributed by atoms with E-state index in [2.05, 4.69) is 9.25 Å². The van der Waals surface area contributed by atoms with Crippen molar-refractivity contribution in [2.24, 2.45) is 0 Å². The molecule has 0 fully saturated rings. The predicted molar refractivity (Wildman–Crippen MR) is 26.0 cm³/mol. The van der Waals surface area contributed by atoms with Crippen molar-refractivity contribution in [3.63, 3.8) is 0 Å². The van der Waals surface area contributed by atoms with Gasteiger partial charge in [-0.25, -0.2) is 4.57 Å². The first-order chi connectivity index (χ1) is 4.83. The van der Waals surface area contributed by atoms with E-state index in [1.165, 1.54) is 0 Å². The van der Waals surface area contributed by atoms with Crippen LogP contribution in [0.25, 0.3) is 0 Å². The van der Waals surface area contributed by atoms with Crippen LogP contribution in [-0.4, -0.2) is 15.1 Å². The van der Waals surface area contributed by atoms with Crippen LogP contribution in [0.2, 0.25) is 0 Å². The van der Waals surface area contributed by atoms with E-state index in [1.807, 2.05) is 0 Å². The normalized spacial score (nSPS) is 10.3. The lowest BCUT2D eigenvalue weighted by Crippen LogP contribution is -2.04. The molecule has 0 aromatic heterocycles. The van der Waals surface area contributed by atoms with E-state index in [0.29, 0.717) is 0 Å². The van der Waals surface area contributed by atoms with Crippen molar-refractivity contribution in [2.75, 3.05) is 0 Å². The van der Waals surface area contributed by atoms with Crippen molar-refractivity contribution in [1.82, 2.24) is 0 Å². The number of hydrogen-bond acceptors (Lipinski definition) is 7. The molecule has 0 bridgehead atoms. The highest BCUT2D eigenvalue weighted by Crippen LogP contribution is 2.42. The first-order valence-corrected chi connectivity index (χ1v) is 3.34. The molecule has 0 aliphatic carbocycles. The van der Waals surface area contributed by atoms with Gasteiger partial charge in [0.05, 0.1) is 0 Å². The third-order valence-electron chi connectivity index (χ3n) is 0.340. The molecule has 0 aliphatic rings. The highest BCUT2D eigenvalue weighted by atomic mass is 31.2. The van der Waals surface area contributed by atoms with Crippen molar-refractivity contribution in [3.05, 3.63) is 20.2 Å². The average Bonchev–Trinajstić information content (AvgIpc) is 1.53. The van der Waals surface area contributed by atoms with E-state index in [9.17, 15) is 24.8 Å². The Morgan fingerprint density at radius 3 is 1.64 bits per heavy atom. The molecule has 0 rings (SSSR count). The minimum atomic E-state index is -5.20. The van der Waals surface area contributed by atoms with Crippen LogP contribution in [0.5, 0.6) is 0 Å². The zero-order chi connectivity index (χ0) is 9.07. The van der Waals surface area contributed by atoms with E-state index < -0.39 is 18.0 Å². The molecule has 64 valence electrons. The largest absolute Gasteiger partial charge is 0.534 e. The van der Waals surface area contributed by atoms with Crippen LogP contribution in [-0.2, 0) is 13.8 Å². The van der Waals surface area contributed by atoms with Crippen LogP contribution >= 0.6 is 7.82 Å². The number of hydrogen-bond donors (Lipinski definition) is 1. The fourth-order valence-corrected chi connectivity index (χ4v) is 0.550. The molecule has 0 heterocycles. The highest BCUT2D eigenvalue weighted by molar-refractivity contribution is 7.47. The van der Waals surface area contributed by atoms with Crippen molar-refractivity contribution in [3.8, 4) is 0 Å². The zero-order valence-corrected chi connectivity index (χ0v) is 5.54. The molecule has 0 aliphatic heterocycles. The summed E-state index contributed by atoms with van der Waals surface area (Å²) in [5.74, 6) is 0. The molecule has 11 heavy (non-hydrogen) atoms. The summed E-state index contributed by atoms with van der Waals surface area (Å²) in [6.45, 7) is 0. The van der Waals surface area contributed by atoms with E-state index in [4.69, 9.17) is 4.89 Å². The Morgan fingerprint density at radius 1 is 1.18 bits per heavy atom. The summed E-state index contributed by atoms with van der Waals surface area (Å²) in [7, 11) is -5.20. The molecule has 0 saturated carbocycles. The Kier molecular flexibility index (Phi) is 2.72. The zero-order valence-electron chi connectivity index (χ0n) is 4.65. The second-order valence-corrected chi connectivity index (χ2v) is 2.34. The molecule has 10 nitrogen and oxygen atoms in total. The van der Waals surface area contributed by atoms with Crippen molar-refractivity contribution < 1.29 is 28.9 Å². The SMILES string of the molecule is O=[N+]([O-])OP(=O)(O)O[N+](=O)[O-]. The number of rotatable bonds is 4. The maximum Gasteiger partial charge on any atom is 0.534 e. The molecule has 0 atom stereocenters. The molecule has 0 unspecified atom stereocenters. The van der Waals surface area contributed by atoms with Crippen LogP contribution in [0, 0.1) is 20.2 Å². The van der Waals surface area contributed by atoms with Crippen molar-refractivity contribution in [1.29, 1.82) is 0 Å². The van der Waals surface area contributed by atoms with Crippen LogP contribution in [0.1, 0.15) is 0 Å². The molecular weight excluding hydrogens is 187 g/mol. The highest BCUT2D eigenvalue weighted by Gasteiger charge is 2.28. The average molecular weight is 188 g/mol. The van der Waals surface area contributed by atoms with Crippen LogP contribution in [0.4, 0.5) is 0 Å². The molecule has 0 aromatic carbocycles. The fraction of sp³-hybridized carbons (Fsp3) is 0. The Hall–Kier alpha value is -1.41. The van der Waals surface area contributed by atoms with Gasteiger partial charge in [0, 0.05) is 0 Å². The van der Waals surface area contributed by atoms with Gasteiger partial charge < -0.3 is 4.89 Å². The van der Waals surface area contributed by atoms with Crippen molar-refractivity contribution >= 4 is 7.82 Å². The Bertz CT molecular complexity index is 198. The predicted octanol–water partition coefficient (Wildman–Crippen LogP) is -0.497. The first-order valence-electron chi connectivity index (χ1n) is 1.84. The summed E-state index contributed by atoms with van der Waals surface area (Å²) >= 11 is 0. The summed E-state index contributed by atoms with van der Waals surface area (Å²) in [6.07, 6.45) is 0. The summed E-state index contributed by atoms with van der Waals surface area (Å²) in [5.41, 5.74) is 0. The number of phosphoric acid groups is 1. The van der Waals surface area contributed by atoms with Gasteiger partial charge in [0.25, 0.3) is 0 Å². The summed E-state index contributed by atoms with van der Waals surface area (Å²) in [5, 5.41) is 15.3. The van der Waals surface area contributed by atoms with E-state index in [0.717, 1.165) is 0 Å². The second kappa shape index (κ2) is 3.12. The van der Waals surface area contributed by atoms with Crippen LogP contribution in [0.3, 0.4) is 0 Å². The van der Waals surface area contributed by atoms with Gasteiger partial charge in [-0.3, -0.25) is 0 Å². The smallest absolute Gasteiger partial charge is 0.307 e. The van der Waals surface area contributed by atoms with Gasteiger partial charge in [-0.2, -0.15) is 9.25 Å².